The summed E-state index contributed by atoms with van der Waals surface area (Å²) in [6.07, 6.45) is 3.95. The van der Waals surface area contributed by atoms with Gasteiger partial charge in [0.15, 0.2) is 9.84 Å². The van der Waals surface area contributed by atoms with Crippen LogP contribution in [0.4, 0.5) is 0 Å². The first-order valence-corrected chi connectivity index (χ1v) is 9.96. The molecule has 1 unspecified atom stereocenters. The lowest BCUT2D eigenvalue weighted by molar-refractivity contribution is 0.299. The van der Waals surface area contributed by atoms with Crippen LogP contribution in [0.5, 0.6) is 0 Å². The third-order valence-electron chi connectivity index (χ3n) is 5.36. The Bertz CT molecular complexity index is 1110. The maximum Gasteiger partial charge on any atom is 0.272 e. The molecule has 2 heterocycles. The van der Waals surface area contributed by atoms with Gasteiger partial charge in [-0.1, -0.05) is 0 Å². The first-order valence-electron chi connectivity index (χ1n) is 8.41. The van der Waals surface area contributed by atoms with Crippen molar-refractivity contribution in [2.75, 3.05) is 14.1 Å². The van der Waals surface area contributed by atoms with E-state index in [2.05, 4.69) is 14.9 Å². The number of nitrogens with zero attached hydrogens (tertiary/aromatic N) is 1. The minimum absolute atomic E-state index is 0.201. The molecule has 132 valence electrons. The van der Waals surface area contributed by atoms with Crippen molar-refractivity contribution in [1.29, 1.82) is 0 Å². The van der Waals surface area contributed by atoms with Crippen LogP contribution in [-0.2, 0) is 9.84 Å². The van der Waals surface area contributed by atoms with Gasteiger partial charge in [-0.2, -0.15) is 0 Å². The fourth-order valence-corrected chi connectivity index (χ4v) is 5.71. The molecule has 6 nitrogen and oxygen atoms in total. The van der Waals surface area contributed by atoms with E-state index in [9.17, 15) is 13.2 Å². The Hall–Kier alpha value is -2.12. The molecule has 1 saturated carbocycles. The van der Waals surface area contributed by atoms with E-state index in [-0.39, 0.29) is 10.8 Å². The Morgan fingerprint density at radius 3 is 2.64 bits per heavy atom. The summed E-state index contributed by atoms with van der Waals surface area (Å²) in [6.45, 7) is 0. The van der Waals surface area contributed by atoms with Gasteiger partial charge in [0.25, 0.3) is 5.56 Å². The molecule has 2 N–H and O–H groups in total. The predicted octanol–water partition coefficient (Wildman–Crippen LogP) is 2.27. The fraction of sp³-hybridized carbons (Fsp3) is 0.389. The van der Waals surface area contributed by atoms with Crippen LogP contribution in [-0.4, -0.2) is 48.7 Å². The normalized spacial score (nSPS) is 21.6. The number of pyridine rings is 1. The van der Waals surface area contributed by atoms with E-state index >= 15 is 0 Å². The van der Waals surface area contributed by atoms with Gasteiger partial charge in [0.1, 0.15) is 5.52 Å². The molecule has 0 aliphatic heterocycles. The van der Waals surface area contributed by atoms with E-state index in [0.29, 0.717) is 34.8 Å². The molecule has 4 rings (SSSR count). The average molecular weight is 359 g/mol. The summed E-state index contributed by atoms with van der Waals surface area (Å²) in [5.41, 5.74) is 0.914. The zero-order valence-electron chi connectivity index (χ0n) is 14.2. The van der Waals surface area contributed by atoms with E-state index in [4.69, 9.17) is 0 Å². The lowest BCUT2D eigenvalue weighted by Crippen LogP contribution is -2.27. The minimum Gasteiger partial charge on any atom is -0.357 e. The van der Waals surface area contributed by atoms with Crippen LogP contribution in [0.1, 0.15) is 19.3 Å². The van der Waals surface area contributed by atoms with Gasteiger partial charge in [-0.3, -0.25) is 4.79 Å². The molecule has 2 aromatic heterocycles. The Morgan fingerprint density at radius 2 is 1.92 bits per heavy atom. The minimum atomic E-state index is -3.39. The highest BCUT2D eigenvalue weighted by Gasteiger charge is 2.36. The van der Waals surface area contributed by atoms with Crippen LogP contribution in [0, 0.1) is 0 Å². The summed E-state index contributed by atoms with van der Waals surface area (Å²) in [6, 6.07) is 7.11. The molecule has 0 radical (unpaired) electrons. The molecule has 7 heteroatoms. The summed E-state index contributed by atoms with van der Waals surface area (Å²) >= 11 is 0. The van der Waals surface area contributed by atoms with Crippen LogP contribution in [0.2, 0.25) is 0 Å². The van der Waals surface area contributed by atoms with Crippen LogP contribution in [0.15, 0.2) is 40.2 Å². The van der Waals surface area contributed by atoms with Gasteiger partial charge in [-0.05, 0) is 57.6 Å². The molecule has 2 atom stereocenters. The predicted molar refractivity (Wildman–Crippen MR) is 98.7 cm³/mol. The smallest absolute Gasteiger partial charge is 0.272 e. The maximum absolute atomic E-state index is 13.1. The average Bonchev–Trinajstić information content (AvgIpc) is 3.25. The number of hydrogen-bond acceptors (Lipinski definition) is 4. The summed E-state index contributed by atoms with van der Waals surface area (Å²) in [7, 11) is 0.602. The highest BCUT2D eigenvalue weighted by Crippen LogP contribution is 2.33. The van der Waals surface area contributed by atoms with Gasteiger partial charge in [0, 0.05) is 28.5 Å². The van der Waals surface area contributed by atoms with Crippen LogP contribution < -0.4 is 5.56 Å². The van der Waals surface area contributed by atoms with Crippen molar-refractivity contribution in [1.82, 2.24) is 14.9 Å². The van der Waals surface area contributed by atoms with E-state index in [1.54, 1.807) is 30.5 Å². The maximum atomic E-state index is 13.1. The van der Waals surface area contributed by atoms with Crippen molar-refractivity contribution >= 4 is 31.6 Å². The van der Waals surface area contributed by atoms with Crippen molar-refractivity contribution in [3.63, 3.8) is 0 Å². The highest BCUT2D eigenvalue weighted by molar-refractivity contribution is 7.92. The lowest BCUT2D eigenvalue weighted by atomic mass is 10.1. The third-order valence-corrected chi connectivity index (χ3v) is 7.57. The van der Waals surface area contributed by atoms with Crippen molar-refractivity contribution < 1.29 is 8.42 Å². The number of fused-ring (bicyclic) bond motifs is 3. The molecule has 1 aliphatic rings. The number of nitrogens with one attached hydrogen (secondary N) is 2. The zero-order valence-corrected chi connectivity index (χ0v) is 15.1. The van der Waals surface area contributed by atoms with Crippen LogP contribution in [0.25, 0.3) is 21.8 Å². The zero-order chi connectivity index (χ0) is 17.8. The molecule has 1 aliphatic carbocycles. The quantitative estimate of drug-likeness (QED) is 0.751. The van der Waals surface area contributed by atoms with Gasteiger partial charge in [0.2, 0.25) is 0 Å². The summed E-state index contributed by atoms with van der Waals surface area (Å²) in [4.78, 5) is 20.2. The van der Waals surface area contributed by atoms with Crippen molar-refractivity contribution in [2.24, 2.45) is 0 Å². The SMILES string of the molecule is CN(C)C1CC[C@H](S(=O)(=O)c2ccc3[nH]c(=O)c4[nH]ccc4c3c2)C1. The van der Waals surface area contributed by atoms with Gasteiger partial charge >= 0.3 is 0 Å². The van der Waals surface area contributed by atoms with Crippen molar-refractivity contribution in [2.45, 2.75) is 35.4 Å². The van der Waals surface area contributed by atoms with Gasteiger partial charge in [-0.15, -0.1) is 0 Å². The standard InChI is InChI=1S/C18H21N3O3S/c1-21(2)11-3-4-12(9-11)25(23,24)13-5-6-16-15(10-13)14-7-8-19-17(14)18(22)20-16/h5-8,10-12,19H,3-4,9H2,1-2H3,(H,20,22)/t11?,12-/m0/s1. The van der Waals surface area contributed by atoms with Gasteiger partial charge < -0.3 is 14.9 Å². The molecule has 1 fully saturated rings. The second-order valence-electron chi connectivity index (χ2n) is 7.03. The molecular formula is C18H21N3O3S. The molecule has 0 bridgehead atoms. The van der Waals surface area contributed by atoms with E-state index in [1.807, 2.05) is 14.1 Å². The number of aromatic amines is 2. The molecule has 0 saturated heterocycles. The highest BCUT2D eigenvalue weighted by atomic mass is 32.2. The van der Waals surface area contributed by atoms with Gasteiger partial charge in [-0.25, -0.2) is 8.42 Å². The molecule has 25 heavy (non-hydrogen) atoms. The molecule has 0 amide bonds. The summed E-state index contributed by atoms with van der Waals surface area (Å²) in [5.74, 6) is 0. The van der Waals surface area contributed by atoms with E-state index in [0.717, 1.165) is 17.2 Å². The number of sulfone groups is 1. The molecule has 1 aromatic carbocycles. The van der Waals surface area contributed by atoms with Crippen molar-refractivity contribution in [3.8, 4) is 0 Å². The molecular weight excluding hydrogens is 338 g/mol. The first-order chi connectivity index (χ1) is 11.9. The summed E-state index contributed by atoms with van der Waals surface area (Å²) < 4.78 is 26.2. The van der Waals surface area contributed by atoms with Crippen LogP contribution in [0.3, 0.4) is 0 Å². The van der Waals surface area contributed by atoms with Crippen LogP contribution >= 0.6 is 0 Å². The van der Waals surface area contributed by atoms with E-state index < -0.39 is 9.84 Å². The Labute approximate surface area is 145 Å². The Balaban J connectivity index is 1.81. The number of hydrogen-bond donors (Lipinski definition) is 2. The molecule has 3 aromatic rings. The molecule has 0 spiro atoms. The second kappa shape index (κ2) is 5.71. The Morgan fingerprint density at radius 1 is 1.12 bits per heavy atom. The monoisotopic (exact) mass is 359 g/mol. The number of rotatable bonds is 3. The summed E-state index contributed by atoms with van der Waals surface area (Å²) in [5, 5.41) is 1.15. The fourth-order valence-electron chi connectivity index (χ4n) is 3.86. The largest absolute Gasteiger partial charge is 0.357 e. The number of benzene rings is 1. The Kier molecular flexibility index (Phi) is 3.73. The van der Waals surface area contributed by atoms with Crippen molar-refractivity contribution in [3.05, 3.63) is 40.8 Å². The second-order valence-corrected chi connectivity index (χ2v) is 9.25. The van der Waals surface area contributed by atoms with E-state index in [1.165, 1.54) is 0 Å². The number of aromatic nitrogens is 2. The third kappa shape index (κ3) is 2.58. The first kappa shape index (κ1) is 16.4. The van der Waals surface area contributed by atoms with Gasteiger partial charge in [0.05, 0.1) is 10.1 Å². The lowest BCUT2D eigenvalue weighted by Gasteiger charge is -2.19. The number of H-pyrrole nitrogens is 2. The topological polar surface area (TPSA) is 86.0 Å².